The fraction of sp³-hybridized carbons (Fsp3) is 0.478. The molecule has 9 aliphatic carbocycles. The largest absolute Gasteiger partial charge is 0.384 e. The zero-order valence-corrected chi connectivity index (χ0v) is 29.6. The van der Waals surface area contributed by atoms with Gasteiger partial charge in [0.25, 0.3) is 0 Å². The maximum absolute atomic E-state index is 12.1. The first-order valence-electron chi connectivity index (χ1n) is 19.3. The van der Waals surface area contributed by atoms with Gasteiger partial charge < -0.3 is 5.11 Å². The van der Waals surface area contributed by atoms with E-state index in [1.54, 1.807) is 5.56 Å². The number of benzene rings is 4. The van der Waals surface area contributed by atoms with Crippen LogP contribution in [0.15, 0.2) is 91.0 Å². The zero-order valence-electron chi connectivity index (χ0n) is 28.1. The quantitative estimate of drug-likeness (QED) is 0.223. The van der Waals surface area contributed by atoms with Crippen molar-refractivity contribution in [1.29, 1.82) is 0 Å². The Morgan fingerprint density at radius 3 is 1.59 bits per heavy atom. The van der Waals surface area contributed by atoms with Gasteiger partial charge in [0.15, 0.2) is 0 Å². The predicted molar refractivity (Wildman–Crippen MR) is 197 cm³/mol. The van der Waals surface area contributed by atoms with Crippen LogP contribution in [0.2, 0.25) is 10.0 Å². The molecule has 248 valence electrons. The van der Waals surface area contributed by atoms with Crippen molar-refractivity contribution in [2.24, 2.45) is 58.2 Å². The number of hydrogen-bond donors (Lipinski definition) is 1. The lowest BCUT2D eigenvalue weighted by Crippen LogP contribution is -2.63. The van der Waals surface area contributed by atoms with Crippen molar-refractivity contribution in [3.05, 3.63) is 118 Å². The Kier molecular flexibility index (Phi) is 5.60. The van der Waals surface area contributed by atoms with Crippen molar-refractivity contribution in [3.63, 3.8) is 0 Å². The molecule has 0 heterocycles. The minimum atomic E-state index is -0.729. The summed E-state index contributed by atoms with van der Waals surface area (Å²) in [6.45, 7) is 0. The molecule has 1 N–H and O–H groups in total. The van der Waals surface area contributed by atoms with E-state index in [0.29, 0.717) is 22.7 Å². The molecule has 9 aliphatic rings. The van der Waals surface area contributed by atoms with E-state index in [4.69, 9.17) is 23.2 Å². The van der Waals surface area contributed by atoms with Gasteiger partial charge in [-0.25, -0.2) is 0 Å². The van der Waals surface area contributed by atoms with E-state index in [1.165, 1.54) is 80.9 Å². The Balaban J connectivity index is 0.000000113. The van der Waals surface area contributed by atoms with Crippen molar-refractivity contribution in [1.82, 2.24) is 0 Å². The average molecular weight is 684 g/mol. The predicted octanol–water partition coefficient (Wildman–Crippen LogP) is 11.7. The summed E-state index contributed by atoms with van der Waals surface area (Å²) in [6.07, 6.45) is 14.0. The standard InChI is InChI=1S/C23H23ClO.C23H21Cl/c24-18-8-4-7-17(16-5-2-1-3-6-16)21(18)23(25)19-10-14-9-15-11-20(23)22(19,12-14)13-15;24-18-7-3-5-16-15-4-1-2-6-17(15)23(21(16)18)19-9-13-8-14-10-20(23)22(19,11-13)12-14/h1-8,14-15,19-20,25H,9-13H2;1-7,13-14,19-20H,8-12H2. The molecule has 6 bridgehead atoms. The number of halogens is 2. The van der Waals surface area contributed by atoms with E-state index < -0.39 is 5.60 Å². The summed E-state index contributed by atoms with van der Waals surface area (Å²) in [4.78, 5) is 0. The first-order chi connectivity index (χ1) is 23.9. The molecule has 4 aromatic rings. The molecule has 13 rings (SSSR count). The van der Waals surface area contributed by atoms with E-state index >= 15 is 0 Å². The second kappa shape index (κ2) is 9.44. The molecule has 3 heteroatoms. The Morgan fingerprint density at radius 2 is 0.959 bits per heavy atom. The van der Waals surface area contributed by atoms with Gasteiger partial charge in [0.1, 0.15) is 0 Å². The SMILES string of the molecule is Clc1cccc2c1C1(c3ccccc3-2)C2CC3CC4CC1C2(C3)C4.OC1(c2c(Cl)cccc2-c2ccccc2)C2CC3CC4CC1C2(C3)C4. The Bertz CT molecular complexity index is 2020. The summed E-state index contributed by atoms with van der Waals surface area (Å²) in [5.41, 5.74) is 9.91. The summed E-state index contributed by atoms with van der Waals surface area (Å²) in [7, 11) is 0. The second-order valence-corrected chi connectivity index (χ2v) is 19.1. The van der Waals surface area contributed by atoms with E-state index in [1.807, 2.05) is 18.2 Å². The molecule has 8 atom stereocenters. The third-order valence-corrected chi connectivity index (χ3v) is 17.4. The van der Waals surface area contributed by atoms with Gasteiger partial charge in [-0.15, -0.1) is 0 Å². The summed E-state index contributed by atoms with van der Waals surface area (Å²) in [5.74, 6) is 6.17. The van der Waals surface area contributed by atoms with Crippen molar-refractivity contribution in [2.45, 2.75) is 75.2 Å². The van der Waals surface area contributed by atoms with Crippen LogP contribution in [0, 0.1) is 58.2 Å². The van der Waals surface area contributed by atoms with Crippen LogP contribution in [0.3, 0.4) is 0 Å². The number of fused-ring (bicyclic) bond motifs is 11. The van der Waals surface area contributed by atoms with Crippen LogP contribution in [0.4, 0.5) is 0 Å². The van der Waals surface area contributed by atoms with Gasteiger partial charge in [-0.1, -0.05) is 102 Å². The van der Waals surface area contributed by atoms with Gasteiger partial charge in [-0.2, -0.15) is 0 Å². The molecule has 3 spiro atoms. The molecule has 0 radical (unpaired) electrons. The van der Waals surface area contributed by atoms with Crippen LogP contribution in [0.1, 0.15) is 80.9 Å². The summed E-state index contributed by atoms with van der Waals surface area (Å²) in [5, 5.41) is 13.9. The minimum Gasteiger partial charge on any atom is -0.384 e. The van der Waals surface area contributed by atoms with Gasteiger partial charge in [0.05, 0.1) is 5.60 Å². The lowest BCUT2D eigenvalue weighted by molar-refractivity contribution is -0.235. The van der Waals surface area contributed by atoms with Gasteiger partial charge in [0, 0.05) is 21.0 Å². The maximum atomic E-state index is 12.1. The van der Waals surface area contributed by atoms with E-state index in [2.05, 4.69) is 72.8 Å². The monoisotopic (exact) mass is 682 g/mol. The highest BCUT2D eigenvalue weighted by Gasteiger charge is 2.80. The molecule has 8 unspecified atom stereocenters. The fourth-order valence-electron chi connectivity index (χ4n) is 16.3. The highest BCUT2D eigenvalue weighted by atomic mass is 35.5. The Hall–Kier alpha value is -2.58. The van der Waals surface area contributed by atoms with Crippen LogP contribution in [-0.2, 0) is 11.0 Å². The van der Waals surface area contributed by atoms with Crippen molar-refractivity contribution in [2.75, 3.05) is 0 Å². The van der Waals surface area contributed by atoms with Crippen molar-refractivity contribution < 1.29 is 5.11 Å². The smallest absolute Gasteiger partial charge is 0.0983 e. The van der Waals surface area contributed by atoms with Gasteiger partial charge in [-0.05, 0) is 168 Å². The van der Waals surface area contributed by atoms with Gasteiger partial charge in [0.2, 0.25) is 0 Å². The molecule has 4 aromatic carbocycles. The number of aliphatic hydroxyl groups is 1. The summed E-state index contributed by atoms with van der Waals surface area (Å²) in [6, 6.07) is 32.4. The second-order valence-electron chi connectivity index (χ2n) is 18.3. The van der Waals surface area contributed by atoms with E-state index in [0.717, 1.165) is 62.2 Å². The van der Waals surface area contributed by atoms with Crippen LogP contribution in [-0.4, -0.2) is 5.11 Å². The molecule has 0 aliphatic heterocycles. The first kappa shape index (κ1) is 29.0. The van der Waals surface area contributed by atoms with E-state index in [9.17, 15) is 5.11 Å². The molecule has 0 saturated heterocycles. The lowest BCUT2D eigenvalue weighted by atomic mass is 9.38. The summed E-state index contributed by atoms with van der Waals surface area (Å²) >= 11 is 13.6. The van der Waals surface area contributed by atoms with Crippen LogP contribution in [0.5, 0.6) is 0 Å². The Labute approximate surface area is 300 Å². The highest BCUT2D eigenvalue weighted by molar-refractivity contribution is 6.32. The molecule has 0 aromatic heterocycles. The van der Waals surface area contributed by atoms with E-state index in [-0.39, 0.29) is 5.41 Å². The topological polar surface area (TPSA) is 20.2 Å². The highest BCUT2D eigenvalue weighted by Crippen LogP contribution is 2.86. The third-order valence-electron chi connectivity index (χ3n) is 16.8. The number of hydrogen-bond acceptors (Lipinski definition) is 1. The van der Waals surface area contributed by atoms with Crippen LogP contribution in [0.25, 0.3) is 22.3 Å². The van der Waals surface area contributed by atoms with Gasteiger partial charge >= 0.3 is 0 Å². The lowest BCUT2D eigenvalue weighted by Gasteiger charge is -2.64. The molecular formula is C46H44Cl2O. The normalized spacial score (nSPS) is 44.1. The Morgan fingerprint density at radius 1 is 0.469 bits per heavy atom. The van der Waals surface area contributed by atoms with Crippen molar-refractivity contribution >= 4 is 23.2 Å². The molecular weight excluding hydrogens is 639 g/mol. The first-order valence-corrected chi connectivity index (χ1v) is 20.1. The molecule has 1 nitrogen and oxygen atoms in total. The third kappa shape index (κ3) is 3.25. The van der Waals surface area contributed by atoms with Crippen LogP contribution < -0.4 is 0 Å². The maximum Gasteiger partial charge on any atom is 0.0983 e. The number of rotatable bonds is 2. The molecule has 8 fully saturated rings. The van der Waals surface area contributed by atoms with Crippen molar-refractivity contribution in [3.8, 4) is 22.3 Å². The zero-order chi connectivity index (χ0) is 32.5. The molecule has 0 amide bonds. The molecule has 8 saturated carbocycles. The average Bonchev–Trinajstić information content (AvgIpc) is 3.80. The van der Waals surface area contributed by atoms with Gasteiger partial charge in [-0.3, -0.25) is 0 Å². The fourth-order valence-corrected chi connectivity index (χ4v) is 16.9. The molecule has 49 heavy (non-hydrogen) atoms. The van der Waals surface area contributed by atoms with Crippen LogP contribution >= 0.6 is 23.2 Å². The summed E-state index contributed by atoms with van der Waals surface area (Å²) < 4.78 is 0. The minimum absolute atomic E-state index is 0.244.